The summed E-state index contributed by atoms with van der Waals surface area (Å²) >= 11 is 0. The average molecular weight is 634 g/mol. The van der Waals surface area contributed by atoms with E-state index >= 15 is 0 Å². The zero-order chi connectivity index (χ0) is 33.7. The molecule has 2 aliphatic heterocycles. The van der Waals surface area contributed by atoms with E-state index in [1.165, 1.54) is 22.6 Å². The Morgan fingerprint density at radius 1 is 0.438 bits per heavy atom. The first-order chi connectivity index (χ1) is 23.3. The van der Waals surface area contributed by atoms with E-state index in [0.717, 1.165) is 75.0 Å². The summed E-state index contributed by atoms with van der Waals surface area (Å²) in [5.41, 5.74) is 2.58. The van der Waals surface area contributed by atoms with Crippen LogP contribution >= 0.6 is 0 Å². The predicted octanol–water partition coefficient (Wildman–Crippen LogP) is 7.24. The highest BCUT2D eigenvalue weighted by Crippen LogP contribution is 2.45. The van der Waals surface area contributed by atoms with Gasteiger partial charge in [-0.25, -0.2) is 0 Å². The van der Waals surface area contributed by atoms with Crippen molar-refractivity contribution in [1.82, 2.24) is 9.80 Å². The number of unbranched alkanes of at least 4 members (excludes halogenated alkanes) is 10. The van der Waals surface area contributed by atoms with Gasteiger partial charge in [0.05, 0.1) is 0 Å². The number of imide groups is 2. The number of rotatable bonds is 14. The molecule has 0 aliphatic carbocycles. The van der Waals surface area contributed by atoms with E-state index in [0.29, 0.717) is 78.6 Å². The van der Waals surface area contributed by atoms with Gasteiger partial charge < -0.3 is 0 Å². The van der Waals surface area contributed by atoms with E-state index in [9.17, 15) is 19.2 Å². The zero-order valence-corrected chi connectivity index (χ0v) is 28.0. The minimum absolute atomic E-state index is 0.297. The Morgan fingerprint density at radius 2 is 0.792 bits per heavy atom. The lowest BCUT2D eigenvalue weighted by Gasteiger charge is -2.31. The minimum atomic E-state index is -0.331. The first kappa shape index (κ1) is 32.4. The Labute approximate surface area is 284 Å². The summed E-state index contributed by atoms with van der Waals surface area (Å²) in [5, 5.41) is 5.47. The van der Waals surface area contributed by atoms with Crippen LogP contribution in [-0.4, -0.2) is 62.2 Å². The molecule has 6 nitrogen and oxygen atoms in total. The second kappa shape index (κ2) is 13.0. The van der Waals surface area contributed by atoms with Gasteiger partial charge >= 0.3 is 0 Å². The number of hydrogen-bond donors (Lipinski definition) is 0. The quantitative estimate of drug-likeness (QED) is 0.0425. The second-order valence-electron chi connectivity index (χ2n) is 13.7. The number of benzene rings is 5. The fourth-order valence-electron chi connectivity index (χ4n) is 8.14. The SMILES string of the molecule is [B]c1cc2c3c(ccc4c5c([B])cc6c7c(ccc(c1c34)c75)C(=O)N(CCCCCCCC)C6=O)C(=O)N(CCCCCCCC)C2=O. The summed E-state index contributed by atoms with van der Waals surface area (Å²) in [7, 11) is 13.6. The Hall–Kier alpha value is -4.19. The molecule has 7 rings (SSSR count). The number of carbonyl (C=O) groups is 4. The molecule has 0 aromatic heterocycles. The molecule has 0 N–H and O–H groups in total. The van der Waals surface area contributed by atoms with Crippen molar-refractivity contribution in [3.63, 3.8) is 0 Å². The molecule has 0 fully saturated rings. The van der Waals surface area contributed by atoms with Gasteiger partial charge in [0.25, 0.3) is 23.6 Å². The maximum atomic E-state index is 13.9. The summed E-state index contributed by atoms with van der Waals surface area (Å²) in [4.78, 5) is 58.2. The van der Waals surface area contributed by atoms with Crippen molar-refractivity contribution in [3.8, 4) is 0 Å². The van der Waals surface area contributed by atoms with Crippen LogP contribution in [0.25, 0.3) is 43.1 Å². The minimum Gasteiger partial charge on any atom is -0.274 e. The van der Waals surface area contributed by atoms with Crippen LogP contribution in [0.2, 0.25) is 0 Å². The highest BCUT2D eigenvalue weighted by Gasteiger charge is 2.37. The van der Waals surface area contributed by atoms with Crippen molar-refractivity contribution in [3.05, 3.63) is 58.7 Å². The van der Waals surface area contributed by atoms with Gasteiger partial charge in [-0.15, -0.1) is 0 Å². The molecule has 5 aromatic carbocycles. The van der Waals surface area contributed by atoms with E-state index in [1.54, 1.807) is 24.3 Å². The van der Waals surface area contributed by atoms with Gasteiger partial charge in [-0.2, -0.15) is 0 Å². The van der Waals surface area contributed by atoms with Crippen LogP contribution in [0.3, 0.4) is 0 Å². The van der Waals surface area contributed by atoms with Gasteiger partial charge in [0.15, 0.2) is 0 Å². The van der Waals surface area contributed by atoms with Crippen LogP contribution in [0.5, 0.6) is 0 Å². The lowest BCUT2D eigenvalue weighted by molar-refractivity contribution is 0.0592. The van der Waals surface area contributed by atoms with Crippen molar-refractivity contribution in [2.75, 3.05) is 13.1 Å². The molecule has 48 heavy (non-hydrogen) atoms. The van der Waals surface area contributed by atoms with Crippen molar-refractivity contribution in [2.24, 2.45) is 0 Å². The Bertz CT molecular complexity index is 1990. The van der Waals surface area contributed by atoms with Crippen LogP contribution < -0.4 is 10.9 Å². The fourth-order valence-corrected chi connectivity index (χ4v) is 8.14. The number of amides is 4. The zero-order valence-electron chi connectivity index (χ0n) is 28.0. The third-order valence-electron chi connectivity index (χ3n) is 10.5. The third kappa shape index (κ3) is 5.02. The van der Waals surface area contributed by atoms with Gasteiger partial charge in [0.1, 0.15) is 15.7 Å². The molecule has 0 spiro atoms. The fraction of sp³-hybridized carbons (Fsp3) is 0.400. The summed E-state index contributed by atoms with van der Waals surface area (Å²) in [6.45, 7) is 5.09. The second-order valence-corrected chi connectivity index (χ2v) is 13.7. The molecular weight excluding hydrogens is 594 g/mol. The molecule has 0 saturated heterocycles. The first-order valence-corrected chi connectivity index (χ1v) is 17.8. The normalized spacial score (nSPS) is 14.6. The van der Waals surface area contributed by atoms with E-state index in [4.69, 9.17) is 15.7 Å². The van der Waals surface area contributed by atoms with Crippen LogP contribution in [0.15, 0.2) is 36.4 Å². The number of fused-ring (bicyclic) bond motifs is 2. The van der Waals surface area contributed by atoms with Gasteiger partial charge in [0, 0.05) is 46.1 Å². The third-order valence-corrected chi connectivity index (χ3v) is 10.5. The maximum absolute atomic E-state index is 13.9. The number of hydrogen-bond acceptors (Lipinski definition) is 4. The molecule has 5 aromatic rings. The van der Waals surface area contributed by atoms with Crippen LogP contribution in [0.1, 0.15) is 132 Å². The maximum Gasteiger partial charge on any atom is 0.261 e. The van der Waals surface area contributed by atoms with E-state index in [2.05, 4.69) is 13.8 Å². The summed E-state index contributed by atoms with van der Waals surface area (Å²) in [6, 6.07) is 10.7. The highest BCUT2D eigenvalue weighted by molar-refractivity contribution is 6.54. The number of carbonyl (C=O) groups excluding carboxylic acids is 4. The first-order valence-electron chi connectivity index (χ1n) is 17.8. The van der Waals surface area contributed by atoms with Crippen molar-refractivity contribution in [2.45, 2.75) is 90.9 Å². The Kier molecular flexibility index (Phi) is 8.78. The van der Waals surface area contributed by atoms with Gasteiger partial charge in [-0.05, 0) is 57.3 Å². The standard InChI is InChI=1S/C40H40B2N2O4/c1-3-5-7-9-11-13-19-43-37(45)25-17-15-23-34-30(42)22-28-32-26(38(46)44(40(28)48)20-14-12-10-8-6-4-2)18-16-24(36(32)34)33-29(41)21-27(39(43)47)31(25)35(23)33/h15-18,21-22H,3-14,19-20H2,1-2H3. The smallest absolute Gasteiger partial charge is 0.261 e. The summed E-state index contributed by atoms with van der Waals surface area (Å²) in [6.07, 6.45) is 12.6. The largest absolute Gasteiger partial charge is 0.274 e. The molecule has 0 unspecified atom stereocenters. The van der Waals surface area contributed by atoms with Crippen molar-refractivity contribution < 1.29 is 19.2 Å². The van der Waals surface area contributed by atoms with Crippen LogP contribution in [-0.2, 0) is 0 Å². The topological polar surface area (TPSA) is 74.8 Å². The van der Waals surface area contributed by atoms with Crippen molar-refractivity contribution >= 4 is 93.3 Å². The van der Waals surface area contributed by atoms with E-state index < -0.39 is 0 Å². The average Bonchev–Trinajstić information content (AvgIpc) is 3.08. The predicted molar refractivity (Wildman–Crippen MR) is 196 cm³/mol. The van der Waals surface area contributed by atoms with Crippen molar-refractivity contribution in [1.29, 1.82) is 0 Å². The molecule has 0 atom stereocenters. The highest BCUT2D eigenvalue weighted by atomic mass is 16.2. The molecule has 8 heteroatoms. The van der Waals surface area contributed by atoms with Gasteiger partial charge in [-0.1, -0.05) is 113 Å². The number of nitrogens with zero attached hydrogens (tertiary/aromatic N) is 2. The summed E-state index contributed by atoms with van der Waals surface area (Å²) < 4.78 is 0. The van der Waals surface area contributed by atoms with E-state index in [1.807, 2.05) is 12.1 Å². The molecular formula is C40H40B2N2O4. The molecule has 0 saturated carbocycles. The van der Waals surface area contributed by atoms with Crippen LogP contribution in [0.4, 0.5) is 0 Å². The molecule has 4 amide bonds. The molecule has 240 valence electrons. The van der Waals surface area contributed by atoms with Gasteiger partial charge in [-0.3, -0.25) is 29.0 Å². The molecule has 0 bridgehead atoms. The summed E-state index contributed by atoms with van der Waals surface area (Å²) in [5.74, 6) is -1.26. The van der Waals surface area contributed by atoms with Gasteiger partial charge in [0.2, 0.25) is 0 Å². The molecule has 4 radical (unpaired) electrons. The Morgan fingerprint density at radius 3 is 1.19 bits per heavy atom. The lowest BCUT2D eigenvalue weighted by Crippen LogP contribution is -2.41. The monoisotopic (exact) mass is 634 g/mol. The van der Waals surface area contributed by atoms with Crippen LogP contribution in [0, 0.1) is 0 Å². The van der Waals surface area contributed by atoms with E-state index in [-0.39, 0.29) is 23.6 Å². The molecule has 2 aliphatic rings. The molecule has 2 heterocycles. The lowest BCUT2D eigenvalue weighted by atomic mass is 9.74. The Balaban J connectivity index is 1.33.